The van der Waals surface area contributed by atoms with Crippen LogP contribution in [0, 0.1) is 0 Å². The second-order valence-electron chi connectivity index (χ2n) is 6.11. The molecule has 0 aliphatic carbocycles. The lowest BCUT2D eigenvalue weighted by Crippen LogP contribution is -2.44. The molecule has 24 heavy (non-hydrogen) atoms. The van der Waals surface area contributed by atoms with Crippen LogP contribution in [0.15, 0.2) is 16.0 Å². The van der Waals surface area contributed by atoms with E-state index in [0.717, 1.165) is 0 Å². The quantitative estimate of drug-likeness (QED) is 0.466. The SMILES string of the molecule is CC1(O)C(n2cc3c4c([nH]c(=O)nc42)NCC=N3)O[C@H](CO)[C@H]1O. The molecule has 2 aromatic heterocycles. The number of rotatable bonds is 2. The van der Waals surface area contributed by atoms with E-state index in [1.54, 1.807) is 12.4 Å². The number of aromatic amines is 1. The Labute approximate surface area is 135 Å². The Morgan fingerprint density at radius 1 is 1.54 bits per heavy atom. The van der Waals surface area contributed by atoms with Gasteiger partial charge in [-0.2, -0.15) is 4.98 Å². The lowest BCUT2D eigenvalue weighted by atomic mass is 9.96. The molecule has 2 aliphatic heterocycles. The molecule has 1 fully saturated rings. The van der Waals surface area contributed by atoms with Crippen LogP contribution < -0.4 is 11.0 Å². The molecule has 0 radical (unpaired) electrons. The maximum Gasteiger partial charge on any atom is 0.348 e. The highest BCUT2D eigenvalue weighted by Gasteiger charge is 2.53. The first-order chi connectivity index (χ1) is 11.4. The Morgan fingerprint density at radius 3 is 3.04 bits per heavy atom. The summed E-state index contributed by atoms with van der Waals surface area (Å²) >= 11 is 0. The van der Waals surface area contributed by atoms with Gasteiger partial charge in [0, 0.05) is 12.4 Å². The van der Waals surface area contributed by atoms with Crippen molar-refractivity contribution in [2.45, 2.75) is 31.0 Å². The number of hydrogen-bond donors (Lipinski definition) is 5. The molecule has 10 nitrogen and oxygen atoms in total. The van der Waals surface area contributed by atoms with Gasteiger partial charge in [0.25, 0.3) is 0 Å². The summed E-state index contributed by atoms with van der Waals surface area (Å²) in [5.41, 5.74) is -1.42. The summed E-state index contributed by atoms with van der Waals surface area (Å²) < 4.78 is 7.07. The standard InChI is InChI=1S/C14H17N5O5/c1-14(23)9(21)7(5-20)24-12(14)19-4-6-8-10(16-3-2-15-6)17-13(22)18-11(8)19/h2,4,7,9,12,20-21,23H,3,5H2,1H3,(H2,16,17,18,22)/t7-,9-,12?,14?/m1/s1. The minimum atomic E-state index is -1.68. The van der Waals surface area contributed by atoms with Crippen molar-refractivity contribution in [1.29, 1.82) is 0 Å². The molecule has 0 bridgehead atoms. The Kier molecular flexibility index (Phi) is 3.25. The van der Waals surface area contributed by atoms with E-state index < -0.39 is 36.3 Å². The Balaban J connectivity index is 1.95. The zero-order valence-electron chi connectivity index (χ0n) is 12.8. The molecule has 2 unspecified atom stereocenters. The van der Waals surface area contributed by atoms with Crippen LogP contribution >= 0.6 is 0 Å². The average molecular weight is 335 g/mol. The summed E-state index contributed by atoms with van der Waals surface area (Å²) in [4.78, 5) is 22.8. The van der Waals surface area contributed by atoms with E-state index in [9.17, 15) is 20.1 Å². The largest absolute Gasteiger partial charge is 0.394 e. The molecule has 10 heteroatoms. The van der Waals surface area contributed by atoms with Gasteiger partial charge < -0.3 is 29.9 Å². The molecule has 0 amide bonds. The molecule has 0 saturated carbocycles. The number of aliphatic hydroxyl groups is 3. The fourth-order valence-electron chi connectivity index (χ4n) is 3.24. The lowest BCUT2D eigenvalue weighted by molar-refractivity contribution is -0.0948. The first-order valence-electron chi connectivity index (χ1n) is 7.51. The summed E-state index contributed by atoms with van der Waals surface area (Å²) in [6, 6.07) is 0. The third-order valence-electron chi connectivity index (χ3n) is 4.46. The molecule has 2 aromatic rings. The first kappa shape index (κ1) is 15.3. The number of aliphatic hydroxyl groups excluding tert-OH is 2. The van der Waals surface area contributed by atoms with Gasteiger partial charge in [-0.05, 0) is 6.92 Å². The topological polar surface area (TPSA) is 145 Å². The summed E-state index contributed by atoms with van der Waals surface area (Å²) in [6.07, 6.45) is -0.0102. The molecular formula is C14H17N5O5. The molecule has 4 rings (SSSR count). The predicted octanol–water partition coefficient (Wildman–Crippen LogP) is -1.15. The molecule has 5 N–H and O–H groups in total. The van der Waals surface area contributed by atoms with Crippen molar-refractivity contribution in [3.05, 3.63) is 16.7 Å². The third-order valence-corrected chi connectivity index (χ3v) is 4.46. The summed E-state index contributed by atoms with van der Waals surface area (Å²) in [5.74, 6) is 0.480. The van der Waals surface area contributed by atoms with E-state index in [-0.39, 0.29) is 5.65 Å². The Morgan fingerprint density at radius 2 is 2.33 bits per heavy atom. The van der Waals surface area contributed by atoms with Gasteiger partial charge in [0.1, 0.15) is 23.6 Å². The van der Waals surface area contributed by atoms with Crippen molar-refractivity contribution in [2.24, 2.45) is 4.99 Å². The maximum absolute atomic E-state index is 11.9. The van der Waals surface area contributed by atoms with Gasteiger partial charge in [-0.3, -0.25) is 9.98 Å². The number of ether oxygens (including phenoxy) is 1. The van der Waals surface area contributed by atoms with Crippen LogP contribution in [0.5, 0.6) is 0 Å². The van der Waals surface area contributed by atoms with E-state index in [4.69, 9.17) is 4.74 Å². The second-order valence-corrected chi connectivity index (χ2v) is 6.11. The molecular weight excluding hydrogens is 318 g/mol. The normalized spacial score (nSPS) is 32.1. The van der Waals surface area contributed by atoms with Crippen LogP contribution in [-0.2, 0) is 4.74 Å². The predicted molar refractivity (Wildman–Crippen MR) is 84.6 cm³/mol. The molecule has 4 atom stereocenters. The molecule has 1 saturated heterocycles. The van der Waals surface area contributed by atoms with E-state index in [0.29, 0.717) is 23.4 Å². The highest BCUT2D eigenvalue weighted by Crippen LogP contribution is 2.42. The molecule has 0 aromatic carbocycles. The summed E-state index contributed by atoms with van der Waals surface area (Å²) in [7, 11) is 0. The van der Waals surface area contributed by atoms with Crippen LogP contribution in [0.1, 0.15) is 13.2 Å². The highest BCUT2D eigenvalue weighted by atomic mass is 16.6. The van der Waals surface area contributed by atoms with E-state index in [2.05, 4.69) is 20.3 Å². The first-order valence-corrected chi connectivity index (χ1v) is 7.51. The average Bonchev–Trinajstić information content (AvgIpc) is 2.89. The zero-order valence-corrected chi connectivity index (χ0v) is 12.8. The summed E-state index contributed by atoms with van der Waals surface area (Å²) in [6.45, 7) is 1.41. The zero-order chi connectivity index (χ0) is 17.1. The molecule has 0 spiro atoms. The number of nitrogens with one attached hydrogen (secondary N) is 2. The fourth-order valence-corrected chi connectivity index (χ4v) is 3.24. The Bertz CT molecular complexity index is 886. The minimum Gasteiger partial charge on any atom is -0.394 e. The van der Waals surface area contributed by atoms with Crippen molar-refractivity contribution in [1.82, 2.24) is 14.5 Å². The van der Waals surface area contributed by atoms with Gasteiger partial charge in [0.2, 0.25) is 0 Å². The van der Waals surface area contributed by atoms with E-state index >= 15 is 0 Å². The molecule has 4 heterocycles. The Hall–Kier alpha value is -2.27. The van der Waals surface area contributed by atoms with Gasteiger partial charge in [-0.1, -0.05) is 0 Å². The number of aliphatic imine (C=N–C) groups is 1. The van der Waals surface area contributed by atoms with Gasteiger partial charge in [-0.15, -0.1) is 0 Å². The van der Waals surface area contributed by atoms with Crippen molar-refractivity contribution in [2.75, 3.05) is 18.5 Å². The van der Waals surface area contributed by atoms with Crippen molar-refractivity contribution in [3.63, 3.8) is 0 Å². The van der Waals surface area contributed by atoms with Crippen LogP contribution in [0.25, 0.3) is 11.0 Å². The van der Waals surface area contributed by atoms with E-state index in [1.165, 1.54) is 11.5 Å². The van der Waals surface area contributed by atoms with Crippen molar-refractivity contribution >= 4 is 28.8 Å². The monoisotopic (exact) mass is 335 g/mol. The smallest absolute Gasteiger partial charge is 0.348 e. The number of H-pyrrole nitrogens is 1. The lowest BCUT2D eigenvalue weighted by Gasteiger charge is -2.27. The van der Waals surface area contributed by atoms with Crippen LogP contribution in [0.2, 0.25) is 0 Å². The molecule has 2 aliphatic rings. The number of nitrogens with zero attached hydrogens (tertiary/aromatic N) is 3. The highest BCUT2D eigenvalue weighted by molar-refractivity contribution is 6.00. The number of anilines is 1. The van der Waals surface area contributed by atoms with E-state index in [1.807, 2.05) is 0 Å². The fraction of sp³-hybridized carbons (Fsp3) is 0.500. The molecule has 128 valence electrons. The number of hydrogen-bond acceptors (Lipinski definition) is 8. The van der Waals surface area contributed by atoms with Gasteiger partial charge >= 0.3 is 5.69 Å². The van der Waals surface area contributed by atoms with Crippen molar-refractivity contribution < 1.29 is 20.1 Å². The second kappa shape index (κ2) is 5.11. The van der Waals surface area contributed by atoms with Crippen LogP contribution in [-0.4, -0.2) is 67.0 Å². The summed E-state index contributed by atoms with van der Waals surface area (Å²) in [5, 5.41) is 33.8. The van der Waals surface area contributed by atoms with Gasteiger partial charge in [-0.25, -0.2) is 4.79 Å². The van der Waals surface area contributed by atoms with Crippen LogP contribution in [0.4, 0.5) is 11.5 Å². The number of aromatic nitrogens is 3. The van der Waals surface area contributed by atoms with Gasteiger partial charge in [0.05, 0.1) is 24.2 Å². The third kappa shape index (κ3) is 2.01. The minimum absolute atomic E-state index is 0.270. The van der Waals surface area contributed by atoms with Crippen LogP contribution in [0.3, 0.4) is 0 Å². The van der Waals surface area contributed by atoms with Gasteiger partial charge in [0.15, 0.2) is 11.9 Å². The van der Waals surface area contributed by atoms with Crippen molar-refractivity contribution in [3.8, 4) is 0 Å². The maximum atomic E-state index is 11.9.